The highest BCUT2D eigenvalue weighted by Crippen LogP contribution is 2.38. The van der Waals surface area contributed by atoms with E-state index >= 15 is 0 Å². The van der Waals surface area contributed by atoms with Gasteiger partial charge >= 0.3 is 11.7 Å². The third-order valence-corrected chi connectivity index (χ3v) is 4.14. The molecule has 0 atom stereocenters. The summed E-state index contributed by atoms with van der Waals surface area (Å²) in [6.07, 6.45) is 0. The Bertz CT molecular complexity index is 879. The van der Waals surface area contributed by atoms with Crippen molar-refractivity contribution in [2.24, 2.45) is 0 Å². The third kappa shape index (κ3) is 3.57. The molecule has 26 heavy (non-hydrogen) atoms. The Morgan fingerprint density at radius 3 is 2.81 bits per heavy atom. The SMILES string of the molecule is Cc1nn(CC(=O)OCc2cc(Cl)c3c(c2)OCCO3)c(C)c1[N+](=O)[O-]. The van der Waals surface area contributed by atoms with Gasteiger partial charge in [0.05, 0.1) is 9.95 Å². The molecule has 1 aliphatic heterocycles. The Hall–Kier alpha value is -2.81. The lowest BCUT2D eigenvalue weighted by Gasteiger charge is -2.20. The van der Waals surface area contributed by atoms with Crippen LogP contribution in [-0.2, 0) is 22.7 Å². The zero-order chi connectivity index (χ0) is 18.8. The number of carbonyl (C=O) groups excluding carboxylic acids is 1. The average Bonchev–Trinajstić information content (AvgIpc) is 2.86. The van der Waals surface area contributed by atoms with Gasteiger partial charge in [0.25, 0.3) is 0 Å². The number of aryl methyl sites for hydroxylation is 1. The first-order valence-corrected chi connectivity index (χ1v) is 8.16. The number of aromatic nitrogens is 2. The first-order chi connectivity index (χ1) is 12.4. The number of esters is 1. The molecule has 0 aliphatic carbocycles. The smallest absolute Gasteiger partial charge is 0.328 e. The van der Waals surface area contributed by atoms with E-state index < -0.39 is 10.9 Å². The number of rotatable bonds is 5. The Morgan fingerprint density at radius 2 is 2.12 bits per heavy atom. The van der Waals surface area contributed by atoms with Gasteiger partial charge in [0.1, 0.15) is 37.8 Å². The van der Waals surface area contributed by atoms with Crippen molar-refractivity contribution < 1.29 is 23.9 Å². The minimum absolute atomic E-state index is 0.0173. The van der Waals surface area contributed by atoms with E-state index in [1.807, 2.05) is 0 Å². The summed E-state index contributed by atoms with van der Waals surface area (Å²) in [5.41, 5.74) is 1.09. The summed E-state index contributed by atoms with van der Waals surface area (Å²) in [5.74, 6) is 0.406. The van der Waals surface area contributed by atoms with Crippen molar-refractivity contribution in [3.8, 4) is 11.5 Å². The van der Waals surface area contributed by atoms with Crippen LogP contribution in [0.2, 0.25) is 5.02 Å². The summed E-state index contributed by atoms with van der Waals surface area (Å²) in [6, 6.07) is 3.33. The monoisotopic (exact) mass is 381 g/mol. The summed E-state index contributed by atoms with van der Waals surface area (Å²) < 4.78 is 17.4. The molecule has 1 aromatic carbocycles. The lowest BCUT2D eigenvalue weighted by Crippen LogP contribution is -2.17. The molecule has 0 saturated heterocycles. The molecule has 138 valence electrons. The summed E-state index contributed by atoms with van der Waals surface area (Å²) in [5, 5.41) is 15.4. The van der Waals surface area contributed by atoms with Crippen molar-refractivity contribution in [3.05, 3.63) is 44.2 Å². The number of carbonyl (C=O) groups is 1. The summed E-state index contributed by atoms with van der Waals surface area (Å²) >= 11 is 6.14. The minimum atomic E-state index is -0.573. The number of nitrogens with zero attached hydrogens (tertiary/aromatic N) is 3. The van der Waals surface area contributed by atoms with Gasteiger partial charge < -0.3 is 14.2 Å². The van der Waals surface area contributed by atoms with Gasteiger partial charge in [0.15, 0.2) is 11.5 Å². The molecular weight excluding hydrogens is 366 g/mol. The minimum Gasteiger partial charge on any atom is -0.486 e. The van der Waals surface area contributed by atoms with Crippen molar-refractivity contribution >= 4 is 23.3 Å². The molecule has 2 heterocycles. The van der Waals surface area contributed by atoms with Crippen molar-refractivity contribution in [3.63, 3.8) is 0 Å². The van der Waals surface area contributed by atoms with Crippen LogP contribution in [-0.4, -0.2) is 33.9 Å². The van der Waals surface area contributed by atoms with Crippen molar-refractivity contribution in [2.75, 3.05) is 13.2 Å². The van der Waals surface area contributed by atoms with Gasteiger partial charge in [-0.1, -0.05) is 11.6 Å². The van der Waals surface area contributed by atoms with Crippen LogP contribution in [0.1, 0.15) is 17.0 Å². The van der Waals surface area contributed by atoms with E-state index in [-0.39, 0.29) is 24.5 Å². The lowest BCUT2D eigenvalue weighted by molar-refractivity contribution is -0.386. The second-order valence-corrected chi connectivity index (χ2v) is 6.10. The third-order valence-electron chi connectivity index (χ3n) is 3.86. The highest BCUT2D eigenvalue weighted by atomic mass is 35.5. The van der Waals surface area contributed by atoms with E-state index in [0.717, 1.165) is 0 Å². The van der Waals surface area contributed by atoms with Crippen LogP contribution in [0.4, 0.5) is 5.69 Å². The molecule has 2 aromatic rings. The van der Waals surface area contributed by atoms with Crippen LogP contribution in [0.15, 0.2) is 12.1 Å². The van der Waals surface area contributed by atoms with Gasteiger partial charge in [0, 0.05) is 0 Å². The van der Waals surface area contributed by atoms with Crippen molar-refractivity contribution in [1.29, 1.82) is 0 Å². The number of nitro groups is 1. The standard InChI is InChI=1S/C16H16ClN3O6/c1-9-15(20(22)23)10(2)19(18-9)7-14(21)26-8-11-5-12(17)16-13(6-11)24-3-4-25-16/h5-6H,3-4,7-8H2,1-2H3. The van der Waals surface area contributed by atoms with Gasteiger partial charge in [-0.25, -0.2) is 0 Å². The number of halogens is 1. The Morgan fingerprint density at radius 1 is 1.38 bits per heavy atom. The van der Waals surface area contributed by atoms with Crippen LogP contribution in [0.25, 0.3) is 0 Å². The molecule has 0 saturated carbocycles. The fourth-order valence-corrected chi connectivity index (χ4v) is 2.97. The fraction of sp³-hybridized carbons (Fsp3) is 0.375. The second-order valence-electron chi connectivity index (χ2n) is 5.70. The van der Waals surface area contributed by atoms with Crippen LogP contribution in [0, 0.1) is 24.0 Å². The zero-order valence-corrected chi connectivity index (χ0v) is 14.9. The first-order valence-electron chi connectivity index (χ1n) is 7.79. The number of fused-ring (bicyclic) bond motifs is 1. The highest BCUT2D eigenvalue weighted by Gasteiger charge is 2.23. The number of hydrogen-bond acceptors (Lipinski definition) is 7. The Labute approximate surface area is 153 Å². The van der Waals surface area contributed by atoms with E-state index in [2.05, 4.69) is 5.10 Å². The van der Waals surface area contributed by atoms with Gasteiger partial charge in [0.2, 0.25) is 0 Å². The largest absolute Gasteiger partial charge is 0.486 e. The molecule has 1 aliphatic rings. The summed E-state index contributed by atoms with van der Waals surface area (Å²) in [6.45, 7) is 3.66. The first kappa shape index (κ1) is 18.0. The molecule has 0 bridgehead atoms. The zero-order valence-electron chi connectivity index (χ0n) is 14.2. The predicted molar refractivity (Wildman–Crippen MR) is 90.6 cm³/mol. The van der Waals surface area contributed by atoms with E-state index in [1.165, 1.54) is 18.5 Å². The summed E-state index contributed by atoms with van der Waals surface area (Å²) in [7, 11) is 0. The van der Waals surface area contributed by atoms with E-state index in [4.69, 9.17) is 25.8 Å². The molecule has 0 N–H and O–H groups in total. The van der Waals surface area contributed by atoms with Gasteiger partial charge in [-0.3, -0.25) is 19.6 Å². The van der Waals surface area contributed by atoms with E-state index in [0.29, 0.717) is 41.0 Å². The quantitative estimate of drug-likeness (QED) is 0.445. The van der Waals surface area contributed by atoms with E-state index in [9.17, 15) is 14.9 Å². The van der Waals surface area contributed by atoms with Gasteiger partial charge in [-0.05, 0) is 31.5 Å². The second kappa shape index (κ2) is 7.20. The topological polar surface area (TPSA) is 106 Å². The van der Waals surface area contributed by atoms with Gasteiger partial charge in [-0.15, -0.1) is 0 Å². The molecule has 0 radical (unpaired) electrons. The van der Waals surface area contributed by atoms with Crippen LogP contribution < -0.4 is 9.47 Å². The van der Waals surface area contributed by atoms with Crippen molar-refractivity contribution in [1.82, 2.24) is 9.78 Å². The fourth-order valence-electron chi connectivity index (χ4n) is 2.68. The molecular formula is C16H16ClN3O6. The van der Waals surface area contributed by atoms with Crippen LogP contribution in [0.5, 0.6) is 11.5 Å². The average molecular weight is 382 g/mol. The Kier molecular flexibility index (Phi) is 4.99. The number of hydrogen-bond donors (Lipinski definition) is 0. The molecule has 0 spiro atoms. The predicted octanol–water partition coefficient (Wildman–Crippen LogP) is 2.58. The Balaban J connectivity index is 1.66. The highest BCUT2D eigenvalue weighted by molar-refractivity contribution is 6.32. The van der Waals surface area contributed by atoms with Crippen molar-refractivity contribution in [2.45, 2.75) is 27.0 Å². The summed E-state index contributed by atoms with van der Waals surface area (Å²) in [4.78, 5) is 22.5. The maximum atomic E-state index is 12.1. The maximum Gasteiger partial charge on any atom is 0.328 e. The number of benzene rings is 1. The lowest BCUT2D eigenvalue weighted by atomic mass is 10.2. The molecule has 9 nitrogen and oxygen atoms in total. The maximum absolute atomic E-state index is 12.1. The van der Waals surface area contributed by atoms with Crippen LogP contribution in [0.3, 0.4) is 0 Å². The van der Waals surface area contributed by atoms with Crippen LogP contribution >= 0.6 is 11.6 Å². The molecule has 1 aromatic heterocycles. The normalized spacial score (nSPS) is 12.7. The number of ether oxygens (including phenoxy) is 3. The van der Waals surface area contributed by atoms with E-state index in [1.54, 1.807) is 12.1 Å². The molecule has 10 heteroatoms. The molecule has 3 rings (SSSR count). The molecule has 0 unspecified atom stereocenters. The molecule has 0 amide bonds. The molecule has 0 fully saturated rings. The van der Waals surface area contributed by atoms with Gasteiger partial charge in [-0.2, -0.15) is 5.10 Å².